The number of rotatable bonds is 2. The molecule has 1 aromatic carbocycles. The van der Waals surface area contributed by atoms with Crippen molar-refractivity contribution in [2.24, 2.45) is 0 Å². The van der Waals surface area contributed by atoms with Gasteiger partial charge < -0.3 is 10.5 Å². The number of para-hydroxylation sites is 1. The fraction of sp³-hybridized carbons (Fsp3) is 0.333. The van der Waals surface area contributed by atoms with Crippen molar-refractivity contribution in [3.8, 4) is 5.75 Å². The van der Waals surface area contributed by atoms with Gasteiger partial charge in [-0.15, -0.1) is 0 Å². The Morgan fingerprint density at radius 1 is 1.40 bits per heavy atom. The van der Waals surface area contributed by atoms with Crippen molar-refractivity contribution >= 4 is 21.6 Å². The summed E-state index contributed by atoms with van der Waals surface area (Å²) in [4.78, 5) is 0. The zero-order chi connectivity index (χ0) is 11.6. The number of nitrogens with two attached hydrogens (primary N) is 1. The van der Waals surface area contributed by atoms with E-state index in [0.29, 0.717) is 4.47 Å². The molecule has 0 aliphatic carbocycles. The lowest BCUT2D eigenvalue weighted by atomic mass is 10.3. The molecule has 15 heavy (non-hydrogen) atoms. The molecule has 0 bridgehead atoms. The third kappa shape index (κ3) is 3.02. The van der Waals surface area contributed by atoms with Crippen LogP contribution in [0, 0.1) is 0 Å². The summed E-state index contributed by atoms with van der Waals surface area (Å²) in [5.41, 5.74) is 5.66. The second kappa shape index (κ2) is 4.30. The van der Waals surface area contributed by atoms with Crippen molar-refractivity contribution in [1.29, 1.82) is 0 Å². The van der Waals surface area contributed by atoms with Gasteiger partial charge in [-0.3, -0.25) is 0 Å². The molecule has 0 heterocycles. The van der Waals surface area contributed by atoms with E-state index in [9.17, 15) is 13.2 Å². The van der Waals surface area contributed by atoms with Crippen LogP contribution in [0.2, 0.25) is 0 Å². The molecule has 1 rings (SSSR count). The van der Waals surface area contributed by atoms with Gasteiger partial charge in [-0.05, 0) is 35.0 Å². The molecule has 0 aliphatic heterocycles. The molecule has 0 fully saturated rings. The van der Waals surface area contributed by atoms with Gasteiger partial charge in [0.1, 0.15) is 0 Å². The van der Waals surface area contributed by atoms with E-state index in [-0.39, 0.29) is 11.4 Å². The van der Waals surface area contributed by atoms with Crippen LogP contribution in [0.3, 0.4) is 0 Å². The highest BCUT2D eigenvalue weighted by atomic mass is 79.9. The fourth-order valence-electron chi connectivity index (χ4n) is 0.893. The lowest BCUT2D eigenvalue weighted by molar-refractivity contribution is -0.189. The number of hydrogen-bond acceptors (Lipinski definition) is 2. The molecule has 1 aromatic rings. The highest BCUT2D eigenvalue weighted by Crippen LogP contribution is 2.34. The smallest absolute Gasteiger partial charge is 0.425 e. The van der Waals surface area contributed by atoms with Crippen LogP contribution in [-0.4, -0.2) is 12.3 Å². The summed E-state index contributed by atoms with van der Waals surface area (Å²) in [6.45, 7) is 0.929. The average molecular weight is 284 g/mol. The number of alkyl halides is 3. The second-order valence-electron chi connectivity index (χ2n) is 2.96. The van der Waals surface area contributed by atoms with Crippen LogP contribution in [0.15, 0.2) is 22.7 Å². The number of halogens is 4. The molecule has 0 amide bonds. The van der Waals surface area contributed by atoms with Gasteiger partial charge in [0, 0.05) is 0 Å². The number of anilines is 1. The third-order valence-corrected chi connectivity index (χ3v) is 2.38. The maximum atomic E-state index is 12.2. The molecule has 0 spiro atoms. The van der Waals surface area contributed by atoms with E-state index in [4.69, 9.17) is 10.5 Å². The summed E-state index contributed by atoms with van der Waals surface area (Å²) in [6.07, 6.45) is -6.29. The van der Waals surface area contributed by atoms with Crippen molar-refractivity contribution in [3.05, 3.63) is 22.7 Å². The Kier molecular flexibility index (Phi) is 3.49. The van der Waals surface area contributed by atoms with Crippen molar-refractivity contribution < 1.29 is 17.9 Å². The summed E-state index contributed by atoms with van der Waals surface area (Å²) in [5.74, 6) is 0.0160. The maximum Gasteiger partial charge on any atom is 0.425 e. The molecule has 6 heteroatoms. The number of nitrogen functional groups attached to an aromatic ring is 1. The monoisotopic (exact) mass is 283 g/mol. The number of hydrogen-bond donors (Lipinski definition) is 1. The second-order valence-corrected chi connectivity index (χ2v) is 3.81. The van der Waals surface area contributed by atoms with Crippen LogP contribution in [0.5, 0.6) is 5.75 Å². The van der Waals surface area contributed by atoms with Crippen molar-refractivity contribution in [1.82, 2.24) is 0 Å². The lowest BCUT2D eigenvalue weighted by Gasteiger charge is -2.19. The Labute approximate surface area is 93.3 Å². The van der Waals surface area contributed by atoms with Gasteiger partial charge in [0.25, 0.3) is 0 Å². The van der Waals surface area contributed by atoms with E-state index in [1.807, 2.05) is 0 Å². The minimum Gasteiger partial charge on any atom is -0.478 e. The summed E-state index contributed by atoms with van der Waals surface area (Å²) < 4.78 is 41.8. The van der Waals surface area contributed by atoms with Gasteiger partial charge in [0.15, 0.2) is 11.9 Å². The van der Waals surface area contributed by atoms with Crippen LogP contribution >= 0.6 is 15.9 Å². The van der Waals surface area contributed by atoms with E-state index < -0.39 is 12.3 Å². The molecule has 2 N–H and O–H groups in total. The molecule has 0 radical (unpaired) electrons. The first-order valence-corrected chi connectivity index (χ1v) is 4.89. The Hall–Kier alpha value is -0.910. The largest absolute Gasteiger partial charge is 0.478 e. The average Bonchev–Trinajstić information content (AvgIpc) is 2.09. The highest BCUT2D eigenvalue weighted by Gasteiger charge is 2.38. The Morgan fingerprint density at radius 3 is 2.47 bits per heavy atom. The van der Waals surface area contributed by atoms with Crippen molar-refractivity contribution in [2.45, 2.75) is 19.2 Å². The standard InChI is InChI=1S/C9H9BrF3NO/c1-5(9(11,12)13)15-8-6(10)3-2-4-7(8)14/h2-5H,14H2,1H3. The summed E-state index contributed by atoms with van der Waals surface area (Å²) >= 11 is 3.07. The van der Waals surface area contributed by atoms with Gasteiger partial charge in [0.05, 0.1) is 10.2 Å². The van der Waals surface area contributed by atoms with Gasteiger partial charge in [-0.2, -0.15) is 13.2 Å². The van der Waals surface area contributed by atoms with Gasteiger partial charge in [-0.1, -0.05) is 6.07 Å². The molecule has 84 valence electrons. The van der Waals surface area contributed by atoms with Crippen LogP contribution in [0.4, 0.5) is 18.9 Å². The predicted octanol–water partition coefficient (Wildman–Crippen LogP) is 3.36. The molecule has 0 aliphatic rings. The molecule has 0 saturated carbocycles. The first kappa shape index (κ1) is 12.2. The minimum absolute atomic E-state index is 0.0160. The van der Waals surface area contributed by atoms with E-state index in [1.165, 1.54) is 6.07 Å². The minimum atomic E-state index is -4.40. The zero-order valence-electron chi connectivity index (χ0n) is 7.81. The molecule has 1 unspecified atom stereocenters. The highest BCUT2D eigenvalue weighted by molar-refractivity contribution is 9.10. The fourth-order valence-corrected chi connectivity index (χ4v) is 1.37. The van der Waals surface area contributed by atoms with E-state index in [0.717, 1.165) is 6.92 Å². The van der Waals surface area contributed by atoms with E-state index >= 15 is 0 Å². The topological polar surface area (TPSA) is 35.2 Å². The Bertz CT molecular complexity index is 333. The molecular formula is C9H9BrF3NO. The van der Waals surface area contributed by atoms with Crippen molar-refractivity contribution in [3.63, 3.8) is 0 Å². The summed E-state index contributed by atoms with van der Waals surface area (Å²) in [7, 11) is 0. The lowest BCUT2D eigenvalue weighted by Crippen LogP contribution is -2.31. The van der Waals surface area contributed by atoms with Gasteiger partial charge in [0.2, 0.25) is 0 Å². The normalized spacial score (nSPS) is 13.7. The quantitative estimate of drug-likeness (QED) is 0.845. The van der Waals surface area contributed by atoms with Crippen LogP contribution in [0.1, 0.15) is 6.92 Å². The maximum absolute atomic E-state index is 12.2. The predicted molar refractivity (Wildman–Crippen MR) is 54.7 cm³/mol. The molecule has 0 aromatic heterocycles. The summed E-state index contributed by atoms with van der Waals surface area (Å²) in [5, 5.41) is 0. The van der Waals surface area contributed by atoms with E-state index in [2.05, 4.69) is 15.9 Å². The van der Waals surface area contributed by atoms with Crippen molar-refractivity contribution in [2.75, 3.05) is 5.73 Å². The van der Waals surface area contributed by atoms with Crippen LogP contribution in [-0.2, 0) is 0 Å². The first-order valence-electron chi connectivity index (χ1n) is 4.09. The Balaban J connectivity index is 2.90. The van der Waals surface area contributed by atoms with Gasteiger partial charge >= 0.3 is 6.18 Å². The summed E-state index contributed by atoms with van der Waals surface area (Å²) in [6, 6.07) is 4.66. The van der Waals surface area contributed by atoms with Crippen LogP contribution < -0.4 is 10.5 Å². The molecule has 1 atom stereocenters. The van der Waals surface area contributed by atoms with Gasteiger partial charge in [-0.25, -0.2) is 0 Å². The van der Waals surface area contributed by atoms with E-state index in [1.54, 1.807) is 12.1 Å². The molecule has 0 saturated heterocycles. The number of benzene rings is 1. The number of ether oxygens (including phenoxy) is 1. The first-order chi connectivity index (χ1) is 6.82. The SMILES string of the molecule is CC(Oc1c(N)cccc1Br)C(F)(F)F. The molecule has 2 nitrogen and oxygen atoms in total. The third-order valence-electron chi connectivity index (χ3n) is 1.75. The Morgan fingerprint density at radius 2 is 2.00 bits per heavy atom. The molecular weight excluding hydrogens is 275 g/mol. The van der Waals surface area contributed by atoms with Crippen LogP contribution in [0.25, 0.3) is 0 Å². The zero-order valence-corrected chi connectivity index (χ0v) is 9.39.